The molecular weight excluding hydrogens is 232 g/mol. The first-order chi connectivity index (χ1) is 8.69. The molecule has 4 nitrogen and oxygen atoms in total. The molecule has 0 atom stereocenters. The van der Waals surface area contributed by atoms with E-state index in [9.17, 15) is 4.79 Å². The van der Waals surface area contributed by atoms with Crippen molar-refractivity contribution >= 4 is 5.97 Å². The number of carbonyl (C=O) groups is 1. The predicted octanol–water partition coefficient (Wildman–Crippen LogP) is 2.13. The monoisotopic (exact) mass is 250 g/mol. The van der Waals surface area contributed by atoms with Crippen LogP contribution in [0.25, 0.3) is 0 Å². The predicted molar refractivity (Wildman–Crippen MR) is 65.7 cm³/mol. The minimum atomic E-state index is -0.587. The summed E-state index contributed by atoms with van der Waals surface area (Å²) < 4.78 is 15.7. The first-order valence-electron chi connectivity index (χ1n) is 6.00. The third kappa shape index (κ3) is 2.71. The lowest BCUT2D eigenvalue weighted by Gasteiger charge is -2.43. The molecule has 0 aromatic heterocycles. The van der Waals surface area contributed by atoms with Crippen LogP contribution in [0.2, 0.25) is 0 Å². The van der Waals surface area contributed by atoms with Crippen LogP contribution < -0.4 is 0 Å². The van der Waals surface area contributed by atoms with E-state index in [4.69, 9.17) is 14.2 Å². The zero-order chi connectivity index (χ0) is 13.0. The Morgan fingerprint density at radius 2 is 1.83 bits per heavy atom. The van der Waals surface area contributed by atoms with E-state index in [1.54, 1.807) is 14.2 Å². The smallest absolute Gasteiger partial charge is 0.309 e. The number of hydrogen-bond acceptors (Lipinski definition) is 4. The van der Waals surface area contributed by atoms with Gasteiger partial charge >= 0.3 is 5.97 Å². The Balaban J connectivity index is 1.78. The molecule has 0 aliphatic heterocycles. The van der Waals surface area contributed by atoms with Crippen LogP contribution in [0.3, 0.4) is 0 Å². The van der Waals surface area contributed by atoms with E-state index in [0.717, 1.165) is 5.56 Å². The van der Waals surface area contributed by atoms with Gasteiger partial charge in [0.2, 0.25) is 0 Å². The first kappa shape index (κ1) is 13.1. The van der Waals surface area contributed by atoms with Crippen molar-refractivity contribution in [2.24, 2.45) is 5.92 Å². The van der Waals surface area contributed by atoms with Gasteiger partial charge in [-0.25, -0.2) is 0 Å². The second-order valence-electron chi connectivity index (χ2n) is 4.52. The van der Waals surface area contributed by atoms with Gasteiger partial charge in [-0.1, -0.05) is 30.3 Å². The SMILES string of the molecule is COC1(OC)CC(C(=O)OCc2ccccc2)C1. The molecule has 0 spiro atoms. The van der Waals surface area contributed by atoms with Crippen LogP contribution in [0, 0.1) is 5.92 Å². The fraction of sp³-hybridized carbons (Fsp3) is 0.500. The number of carbonyl (C=O) groups excluding carboxylic acids is 1. The van der Waals surface area contributed by atoms with Crippen molar-refractivity contribution in [1.29, 1.82) is 0 Å². The second kappa shape index (κ2) is 5.50. The molecule has 1 fully saturated rings. The maximum atomic E-state index is 11.8. The van der Waals surface area contributed by atoms with Gasteiger partial charge in [-0.05, 0) is 5.56 Å². The summed E-state index contributed by atoms with van der Waals surface area (Å²) in [6.07, 6.45) is 1.13. The zero-order valence-corrected chi connectivity index (χ0v) is 10.7. The molecule has 0 N–H and O–H groups in total. The lowest BCUT2D eigenvalue weighted by atomic mass is 9.79. The lowest BCUT2D eigenvalue weighted by molar-refractivity contribution is -0.270. The van der Waals surface area contributed by atoms with Crippen LogP contribution in [0.15, 0.2) is 30.3 Å². The van der Waals surface area contributed by atoms with Crippen LogP contribution in [-0.2, 0) is 25.6 Å². The van der Waals surface area contributed by atoms with Gasteiger partial charge in [0.15, 0.2) is 5.79 Å². The van der Waals surface area contributed by atoms with Crippen molar-refractivity contribution in [2.45, 2.75) is 25.2 Å². The quantitative estimate of drug-likeness (QED) is 0.593. The van der Waals surface area contributed by atoms with E-state index in [1.807, 2.05) is 30.3 Å². The summed E-state index contributed by atoms with van der Waals surface area (Å²) in [5.74, 6) is -0.881. The maximum Gasteiger partial charge on any atom is 0.309 e. The summed E-state index contributed by atoms with van der Waals surface area (Å²) in [5.41, 5.74) is 0.995. The standard InChI is InChI=1S/C14H18O4/c1-16-14(17-2)8-12(9-14)13(15)18-10-11-6-4-3-5-7-11/h3-7,12H,8-10H2,1-2H3. The van der Waals surface area contributed by atoms with Crippen LogP contribution in [0.5, 0.6) is 0 Å². The Labute approximate surface area is 107 Å². The van der Waals surface area contributed by atoms with Crippen LogP contribution in [-0.4, -0.2) is 26.0 Å². The van der Waals surface area contributed by atoms with E-state index in [1.165, 1.54) is 0 Å². The number of esters is 1. The van der Waals surface area contributed by atoms with E-state index in [2.05, 4.69) is 0 Å². The minimum absolute atomic E-state index is 0.117. The summed E-state index contributed by atoms with van der Waals surface area (Å²) in [7, 11) is 3.18. The molecule has 1 aromatic rings. The molecule has 98 valence electrons. The molecule has 1 aliphatic carbocycles. The highest BCUT2D eigenvalue weighted by atomic mass is 16.7. The van der Waals surface area contributed by atoms with Crippen LogP contribution >= 0.6 is 0 Å². The fourth-order valence-electron chi connectivity index (χ4n) is 2.12. The van der Waals surface area contributed by atoms with Gasteiger partial charge in [0.05, 0.1) is 5.92 Å². The highest BCUT2D eigenvalue weighted by Crippen LogP contribution is 2.41. The molecule has 0 bridgehead atoms. The highest BCUT2D eigenvalue weighted by Gasteiger charge is 2.49. The third-order valence-electron chi connectivity index (χ3n) is 3.42. The maximum absolute atomic E-state index is 11.8. The molecule has 0 unspecified atom stereocenters. The molecule has 4 heteroatoms. The third-order valence-corrected chi connectivity index (χ3v) is 3.42. The van der Waals surface area contributed by atoms with Crippen molar-refractivity contribution in [1.82, 2.24) is 0 Å². The molecule has 1 saturated carbocycles. The zero-order valence-electron chi connectivity index (χ0n) is 10.7. The Morgan fingerprint density at radius 3 is 2.39 bits per heavy atom. The molecule has 1 aromatic carbocycles. The number of benzene rings is 1. The molecule has 1 aliphatic rings. The molecule has 2 rings (SSSR count). The Morgan fingerprint density at radius 1 is 1.22 bits per heavy atom. The molecule has 18 heavy (non-hydrogen) atoms. The van der Waals surface area contributed by atoms with Crippen molar-refractivity contribution in [3.63, 3.8) is 0 Å². The van der Waals surface area contributed by atoms with Gasteiger partial charge in [-0.2, -0.15) is 0 Å². The lowest BCUT2D eigenvalue weighted by Crippen LogP contribution is -2.50. The minimum Gasteiger partial charge on any atom is -0.461 e. The average Bonchev–Trinajstić information content (AvgIpc) is 2.37. The van der Waals surface area contributed by atoms with Gasteiger partial charge in [-0.3, -0.25) is 4.79 Å². The van der Waals surface area contributed by atoms with Crippen LogP contribution in [0.1, 0.15) is 18.4 Å². The molecule has 0 heterocycles. The van der Waals surface area contributed by atoms with E-state index in [-0.39, 0.29) is 11.9 Å². The molecule has 0 saturated heterocycles. The summed E-state index contributed by atoms with van der Waals surface area (Å²) in [6.45, 7) is 0.323. The Kier molecular flexibility index (Phi) is 3.99. The Hall–Kier alpha value is -1.39. The number of methoxy groups -OCH3 is 2. The largest absolute Gasteiger partial charge is 0.461 e. The van der Waals surface area contributed by atoms with Gasteiger partial charge in [0, 0.05) is 27.1 Å². The number of hydrogen-bond donors (Lipinski definition) is 0. The normalized spacial score (nSPS) is 18.1. The van der Waals surface area contributed by atoms with Gasteiger partial charge in [0.1, 0.15) is 6.61 Å². The molecule has 0 amide bonds. The van der Waals surface area contributed by atoms with Gasteiger partial charge in [0.25, 0.3) is 0 Å². The number of rotatable bonds is 5. The van der Waals surface area contributed by atoms with Crippen molar-refractivity contribution in [3.05, 3.63) is 35.9 Å². The highest BCUT2D eigenvalue weighted by molar-refractivity contribution is 5.73. The van der Waals surface area contributed by atoms with Gasteiger partial charge in [-0.15, -0.1) is 0 Å². The molecular formula is C14H18O4. The van der Waals surface area contributed by atoms with E-state index in [0.29, 0.717) is 19.4 Å². The van der Waals surface area contributed by atoms with Gasteiger partial charge < -0.3 is 14.2 Å². The van der Waals surface area contributed by atoms with Crippen molar-refractivity contribution in [2.75, 3.05) is 14.2 Å². The second-order valence-corrected chi connectivity index (χ2v) is 4.52. The average molecular weight is 250 g/mol. The Bertz CT molecular complexity index is 390. The summed E-state index contributed by atoms with van der Waals surface area (Å²) >= 11 is 0. The van der Waals surface area contributed by atoms with Crippen LogP contribution in [0.4, 0.5) is 0 Å². The first-order valence-corrected chi connectivity index (χ1v) is 6.00. The van der Waals surface area contributed by atoms with Crippen molar-refractivity contribution < 1.29 is 19.0 Å². The fourth-order valence-corrected chi connectivity index (χ4v) is 2.12. The summed E-state index contributed by atoms with van der Waals surface area (Å²) in [5, 5.41) is 0. The molecule has 0 radical (unpaired) electrons. The van der Waals surface area contributed by atoms with E-state index >= 15 is 0 Å². The van der Waals surface area contributed by atoms with E-state index < -0.39 is 5.79 Å². The summed E-state index contributed by atoms with van der Waals surface area (Å²) in [4.78, 5) is 11.8. The number of ether oxygens (including phenoxy) is 3. The van der Waals surface area contributed by atoms with Crippen molar-refractivity contribution in [3.8, 4) is 0 Å². The summed E-state index contributed by atoms with van der Waals surface area (Å²) in [6, 6.07) is 9.65. The topological polar surface area (TPSA) is 44.8 Å².